The molecule has 1 amide bonds. The minimum Gasteiger partial charge on any atom is -0.493 e. The van der Waals surface area contributed by atoms with Crippen molar-refractivity contribution in [3.05, 3.63) is 35.9 Å². The third kappa shape index (κ3) is 4.83. The van der Waals surface area contributed by atoms with Crippen LogP contribution in [0.25, 0.3) is 6.08 Å². The van der Waals surface area contributed by atoms with Gasteiger partial charge in [-0.1, -0.05) is 18.2 Å². The smallest absolute Gasteiger partial charge is 0.331 e. The molecule has 0 bridgehead atoms. The van der Waals surface area contributed by atoms with Gasteiger partial charge in [0.1, 0.15) is 5.75 Å². The highest BCUT2D eigenvalue weighted by molar-refractivity contribution is 5.90. The number of benzene rings is 1. The molecule has 1 atom stereocenters. The van der Waals surface area contributed by atoms with E-state index in [2.05, 4.69) is 0 Å². The maximum atomic E-state index is 11.4. The van der Waals surface area contributed by atoms with Gasteiger partial charge >= 0.3 is 5.97 Å². The second-order valence-corrected chi connectivity index (χ2v) is 3.79. The zero-order valence-electron chi connectivity index (χ0n) is 11.0. The monoisotopic (exact) mass is 263 g/mol. The molecule has 0 saturated carbocycles. The van der Waals surface area contributed by atoms with Gasteiger partial charge in [0.05, 0.1) is 6.61 Å². The van der Waals surface area contributed by atoms with Crippen molar-refractivity contribution in [1.82, 2.24) is 0 Å². The normalized spacial score (nSPS) is 12.1. The van der Waals surface area contributed by atoms with Crippen LogP contribution in [-0.4, -0.2) is 24.6 Å². The zero-order chi connectivity index (χ0) is 14.3. The Morgan fingerprint density at radius 1 is 1.37 bits per heavy atom. The molecule has 102 valence electrons. The fourth-order valence-corrected chi connectivity index (χ4v) is 1.33. The molecule has 0 aliphatic heterocycles. The van der Waals surface area contributed by atoms with Gasteiger partial charge in [0.15, 0.2) is 6.10 Å². The molecule has 0 radical (unpaired) electrons. The van der Waals surface area contributed by atoms with E-state index in [1.165, 1.54) is 13.0 Å². The molecule has 0 aliphatic carbocycles. The van der Waals surface area contributed by atoms with E-state index in [0.29, 0.717) is 12.4 Å². The zero-order valence-corrected chi connectivity index (χ0v) is 11.0. The fraction of sp³-hybridized carbons (Fsp3) is 0.286. The number of hydrogen-bond acceptors (Lipinski definition) is 4. The standard InChI is InChI=1S/C14H17NO4/c1-3-18-12-7-5-4-6-11(12)8-9-13(16)19-10(2)14(15)17/h4-10H,3H2,1-2H3,(H2,15,17)/b9-8+/t10-/m0/s1. The Bertz CT molecular complexity index is 482. The largest absolute Gasteiger partial charge is 0.493 e. The summed E-state index contributed by atoms with van der Waals surface area (Å²) in [5.74, 6) is -0.633. The number of ether oxygens (including phenoxy) is 2. The quantitative estimate of drug-likeness (QED) is 0.623. The Morgan fingerprint density at radius 3 is 2.68 bits per heavy atom. The Balaban J connectivity index is 2.71. The molecule has 0 spiro atoms. The molecule has 1 rings (SSSR count). The molecule has 0 aromatic heterocycles. The number of carbonyl (C=O) groups is 2. The summed E-state index contributed by atoms with van der Waals surface area (Å²) in [5, 5.41) is 0. The molecule has 5 nitrogen and oxygen atoms in total. The number of amides is 1. The number of primary amides is 1. The highest BCUT2D eigenvalue weighted by atomic mass is 16.5. The second kappa shape index (κ2) is 7.20. The van der Waals surface area contributed by atoms with Crippen LogP contribution in [0.2, 0.25) is 0 Å². The first-order valence-electron chi connectivity index (χ1n) is 5.94. The van der Waals surface area contributed by atoms with Gasteiger partial charge in [0.2, 0.25) is 0 Å². The van der Waals surface area contributed by atoms with Crippen LogP contribution in [0.1, 0.15) is 19.4 Å². The minimum absolute atomic E-state index is 0.536. The summed E-state index contributed by atoms with van der Waals surface area (Å²) < 4.78 is 10.2. The SMILES string of the molecule is CCOc1ccccc1/C=C/C(=O)O[C@@H](C)C(N)=O. The van der Waals surface area contributed by atoms with E-state index >= 15 is 0 Å². The van der Waals surface area contributed by atoms with Crippen LogP contribution in [0.3, 0.4) is 0 Å². The van der Waals surface area contributed by atoms with Crippen LogP contribution in [0, 0.1) is 0 Å². The summed E-state index contributed by atoms with van der Waals surface area (Å²) in [7, 11) is 0. The van der Waals surface area contributed by atoms with Gasteiger partial charge in [0.25, 0.3) is 5.91 Å². The van der Waals surface area contributed by atoms with Gasteiger partial charge in [-0.15, -0.1) is 0 Å². The van der Waals surface area contributed by atoms with Crippen molar-refractivity contribution < 1.29 is 19.1 Å². The molecule has 1 aromatic carbocycles. The van der Waals surface area contributed by atoms with Crippen LogP contribution in [0.15, 0.2) is 30.3 Å². The van der Waals surface area contributed by atoms with Crippen LogP contribution in [0.5, 0.6) is 5.75 Å². The van der Waals surface area contributed by atoms with Crippen LogP contribution < -0.4 is 10.5 Å². The van der Waals surface area contributed by atoms with Gasteiger partial charge in [-0.05, 0) is 26.0 Å². The van der Waals surface area contributed by atoms with Gasteiger partial charge in [-0.25, -0.2) is 4.79 Å². The van der Waals surface area contributed by atoms with Gasteiger partial charge in [0, 0.05) is 11.6 Å². The predicted molar refractivity (Wildman–Crippen MR) is 71.4 cm³/mol. The minimum atomic E-state index is -0.945. The summed E-state index contributed by atoms with van der Waals surface area (Å²) in [4.78, 5) is 22.2. The molecule has 0 unspecified atom stereocenters. The summed E-state index contributed by atoms with van der Waals surface area (Å²) >= 11 is 0. The lowest BCUT2D eigenvalue weighted by atomic mass is 10.2. The molecular weight excluding hydrogens is 246 g/mol. The number of esters is 1. The molecule has 0 aliphatic rings. The average molecular weight is 263 g/mol. The summed E-state index contributed by atoms with van der Waals surface area (Å²) in [6.45, 7) is 3.83. The molecule has 5 heteroatoms. The van der Waals surface area contributed by atoms with Crippen molar-refractivity contribution in [2.75, 3.05) is 6.61 Å². The highest BCUT2D eigenvalue weighted by Gasteiger charge is 2.12. The lowest BCUT2D eigenvalue weighted by Crippen LogP contribution is -2.29. The topological polar surface area (TPSA) is 78.6 Å². The number of nitrogens with two attached hydrogens (primary N) is 1. The first-order chi connectivity index (χ1) is 9.04. The second-order valence-electron chi connectivity index (χ2n) is 3.79. The van der Waals surface area contributed by atoms with Crippen molar-refractivity contribution in [2.45, 2.75) is 20.0 Å². The summed E-state index contributed by atoms with van der Waals surface area (Å²) in [6, 6.07) is 7.29. The first-order valence-corrected chi connectivity index (χ1v) is 5.94. The average Bonchev–Trinajstić information content (AvgIpc) is 2.38. The van der Waals surface area contributed by atoms with E-state index in [1.54, 1.807) is 12.1 Å². The fourth-order valence-electron chi connectivity index (χ4n) is 1.33. The Kier molecular flexibility index (Phi) is 5.60. The van der Waals surface area contributed by atoms with E-state index in [0.717, 1.165) is 5.56 Å². The van der Waals surface area contributed by atoms with Gasteiger partial charge in [-0.3, -0.25) is 4.79 Å². The number of hydrogen-bond donors (Lipinski definition) is 1. The van der Waals surface area contributed by atoms with Crippen molar-refractivity contribution in [1.29, 1.82) is 0 Å². The molecule has 1 aromatic rings. The molecular formula is C14H17NO4. The lowest BCUT2D eigenvalue weighted by molar-refractivity contribution is -0.148. The Hall–Kier alpha value is -2.30. The molecule has 0 saturated heterocycles. The maximum Gasteiger partial charge on any atom is 0.331 e. The Morgan fingerprint density at radius 2 is 2.05 bits per heavy atom. The first kappa shape index (κ1) is 14.8. The summed E-state index contributed by atoms with van der Waals surface area (Å²) in [5.41, 5.74) is 5.75. The molecule has 0 heterocycles. The highest BCUT2D eigenvalue weighted by Crippen LogP contribution is 2.19. The van der Waals surface area contributed by atoms with E-state index < -0.39 is 18.0 Å². The number of para-hydroxylation sites is 1. The number of carbonyl (C=O) groups excluding carboxylic acids is 2. The third-order valence-electron chi connectivity index (χ3n) is 2.31. The van der Waals surface area contributed by atoms with E-state index in [-0.39, 0.29) is 0 Å². The number of rotatable bonds is 6. The van der Waals surface area contributed by atoms with E-state index in [4.69, 9.17) is 15.2 Å². The van der Waals surface area contributed by atoms with Gasteiger partial charge in [-0.2, -0.15) is 0 Å². The molecule has 19 heavy (non-hydrogen) atoms. The van der Waals surface area contributed by atoms with Crippen LogP contribution in [-0.2, 0) is 14.3 Å². The predicted octanol–water partition coefficient (Wildman–Crippen LogP) is 1.52. The van der Waals surface area contributed by atoms with Crippen molar-refractivity contribution in [3.8, 4) is 5.75 Å². The molecule has 0 fully saturated rings. The van der Waals surface area contributed by atoms with Crippen molar-refractivity contribution in [3.63, 3.8) is 0 Å². The van der Waals surface area contributed by atoms with Crippen LogP contribution in [0.4, 0.5) is 0 Å². The third-order valence-corrected chi connectivity index (χ3v) is 2.31. The van der Waals surface area contributed by atoms with E-state index in [1.807, 2.05) is 25.1 Å². The van der Waals surface area contributed by atoms with Crippen molar-refractivity contribution in [2.24, 2.45) is 5.73 Å². The maximum absolute atomic E-state index is 11.4. The van der Waals surface area contributed by atoms with Gasteiger partial charge < -0.3 is 15.2 Å². The molecule has 2 N–H and O–H groups in total. The van der Waals surface area contributed by atoms with E-state index in [9.17, 15) is 9.59 Å². The summed E-state index contributed by atoms with van der Waals surface area (Å²) in [6.07, 6.45) is 1.86. The van der Waals surface area contributed by atoms with Crippen LogP contribution >= 0.6 is 0 Å². The Labute approximate surface area is 112 Å². The lowest BCUT2D eigenvalue weighted by Gasteiger charge is -2.08. The van der Waals surface area contributed by atoms with Crippen molar-refractivity contribution >= 4 is 18.0 Å².